The topological polar surface area (TPSA) is 76.6 Å². The summed E-state index contributed by atoms with van der Waals surface area (Å²) >= 11 is 0. The Morgan fingerprint density at radius 1 is 1.06 bits per heavy atom. The van der Waals surface area contributed by atoms with Gasteiger partial charge in [0.1, 0.15) is 0 Å². The van der Waals surface area contributed by atoms with E-state index in [4.69, 9.17) is 5.11 Å². The van der Waals surface area contributed by atoms with Gasteiger partial charge in [0.2, 0.25) is 0 Å². The van der Waals surface area contributed by atoms with Crippen LogP contribution in [0.2, 0.25) is 0 Å². The van der Waals surface area contributed by atoms with E-state index in [9.17, 15) is 18.0 Å². The van der Waals surface area contributed by atoms with Crippen LogP contribution in [0.1, 0.15) is 41.1 Å². The number of halogens is 4. The van der Waals surface area contributed by atoms with Gasteiger partial charge in [-0.1, -0.05) is 36.4 Å². The molecule has 2 aromatic carbocycles. The van der Waals surface area contributed by atoms with Crippen molar-refractivity contribution in [2.24, 2.45) is 0 Å². The summed E-state index contributed by atoms with van der Waals surface area (Å²) < 4.78 is 54.3. The summed E-state index contributed by atoms with van der Waals surface area (Å²) in [5.41, 5.74) is 1.67. The minimum absolute atomic E-state index is 0.0479. The largest absolute Gasteiger partial charge is 0.481 e. The highest BCUT2D eigenvalue weighted by molar-refractivity contribution is 5.70. The van der Waals surface area contributed by atoms with E-state index in [-0.39, 0.29) is 12.5 Å². The molecule has 0 aromatic heterocycles. The molecular formula is C24H28F4N4O2. The Bertz CT molecular complexity index is 968. The van der Waals surface area contributed by atoms with Crippen molar-refractivity contribution in [1.82, 2.24) is 20.9 Å². The number of aliphatic carboxylic acids is 1. The number of alkyl halides is 4. The summed E-state index contributed by atoms with van der Waals surface area (Å²) in [5, 5.41) is 18.3. The number of likely N-dealkylation sites (tertiary alicyclic amines) is 1. The van der Waals surface area contributed by atoms with E-state index < -0.39 is 36.2 Å². The number of carboxylic acids is 1. The summed E-state index contributed by atoms with van der Waals surface area (Å²) in [5.74, 6) is -0.896. The van der Waals surface area contributed by atoms with Gasteiger partial charge < -0.3 is 5.11 Å². The van der Waals surface area contributed by atoms with E-state index in [1.807, 2.05) is 17.0 Å². The van der Waals surface area contributed by atoms with Crippen LogP contribution in [0.25, 0.3) is 0 Å². The fourth-order valence-corrected chi connectivity index (χ4v) is 4.72. The van der Waals surface area contributed by atoms with E-state index in [2.05, 4.69) is 16.0 Å². The van der Waals surface area contributed by atoms with E-state index in [0.717, 1.165) is 36.1 Å². The maximum absolute atomic E-state index is 15.5. The summed E-state index contributed by atoms with van der Waals surface area (Å²) in [4.78, 5) is 12.8. The molecule has 4 rings (SSSR count). The van der Waals surface area contributed by atoms with Crippen molar-refractivity contribution < 1.29 is 27.5 Å². The molecule has 4 atom stereocenters. The highest BCUT2D eigenvalue weighted by Crippen LogP contribution is 2.36. The van der Waals surface area contributed by atoms with Crippen LogP contribution in [0, 0.1) is 0 Å². The minimum Gasteiger partial charge on any atom is -0.481 e. The molecular weight excluding hydrogens is 452 g/mol. The van der Waals surface area contributed by atoms with Crippen molar-refractivity contribution in [3.8, 4) is 0 Å². The number of benzene rings is 2. The standard InChI is InChI=1S/C24H28F4N4O2/c25-21-22(29-13-16-5-3-15(4-6-16)12-20(33)34)30-14-31-23(21)32-11-1-2-19(32)17-7-9-18(10-8-17)24(26,27)28/h3-10,19,21-23,29-31H,1-2,11-14H2,(H,33,34). The number of hydrogen-bond donors (Lipinski definition) is 4. The molecule has 0 radical (unpaired) electrons. The number of nitrogens with zero attached hydrogens (tertiary/aromatic N) is 1. The molecule has 2 aliphatic heterocycles. The van der Waals surface area contributed by atoms with Crippen LogP contribution in [-0.4, -0.2) is 47.7 Å². The molecule has 4 N–H and O–H groups in total. The Labute approximate surface area is 195 Å². The van der Waals surface area contributed by atoms with Crippen LogP contribution in [0.5, 0.6) is 0 Å². The second-order valence-electron chi connectivity index (χ2n) is 8.74. The predicted octanol–water partition coefficient (Wildman–Crippen LogP) is 3.40. The third kappa shape index (κ3) is 5.75. The SMILES string of the molecule is O=C(O)Cc1ccc(CNC2NCNC(N3CCCC3c3ccc(C(F)(F)F)cc3)C2F)cc1. The summed E-state index contributed by atoms with van der Waals surface area (Å²) in [6.45, 7) is 1.44. The lowest BCUT2D eigenvalue weighted by Gasteiger charge is -2.42. The maximum Gasteiger partial charge on any atom is 0.416 e. The zero-order valence-corrected chi connectivity index (χ0v) is 18.5. The molecule has 2 heterocycles. The van der Waals surface area contributed by atoms with Gasteiger partial charge >= 0.3 is 12.1 Å². The molecule has 6 nitrogen and oxygen atoms in total. The zero-order chi connectivity index (χ0) is 24.3. The van der Waals surface area contributed by atoms with E-state index >= 15 is 4.39 Å². The van der Waals surface area contributed by atoms with Crippen LogP contribution in [-0.2, 0) is 23.9 Å². The average molecular weight is 481 g/mol. The third-order valence-electron chi connectivity index (χ3n) is 6.43. The summed E-state index contributed by atoms with van der Waals surface area (Å²) in [7, 11) is 0. The van der Waals surface area contributed by atoms with Gasteiger partial charge in [-0.3, -0.25) is 25.6 Å². The second-order valence-corrected chi connectivity index (χ2v) is 8.74. The molecule has 2 aliphatic rings. The smallest absolute Gasteiger partial charge is 0.416 e. The number of hydrogen-bond acceptors (Lipinski definition) is 5. The van der Waals surface area contributed by atoms with Gasteiger partial charge in [0.15, 0.2) is 6.17 Å². The minimum atomic E-state index is -4.38. The molecule has 0 spiro atoms. The highest BCUT2D eigenvalue weighted by Gasteiger charge is 2.41. The van der Waals surface area contributed by atoms with Crippen LogP contribution in [0.15, 0.2) is 48.5 Å². The van der Waals surface area contributed by atoms with Gasteiger partial charge in [-0.25, -0.2) is 4.39 Å². The first-order valence-electron chi connectivity index (χ1n) is 11.3. The van der Waals surface area contributed by atoms with Crippen LogP contribution >= 0.6 is 0 Å². The van der Waals surface area contributed by atoms with Gasteiger partial charge in [-0.15, -0.1) is 0 Å². The predicted molar refractivity (Wildman–Crippen MR) is 118 cm³/mol. The van der Waals surface area contributed by atoms with E-state index in [1.165, 1.54) is 12.1 Å². The molecule has 0 bridgehead atoms. The fraction of sp³-hybridized carbons (Fsp3) is 0.458. The lowest BCUT2D eigenvalue weighted by Crippen LogP contribution is -2.68. The summed E-state index contributed by atoms with van der Waals surface area (Å²) in [6, 6.07) is 12.1. The first-order chi connectivity index (χ1) is 16.2. The maximum atomic E-state index is 15.5. The number of carbonyl (C=O) groups is 1. The van der Waals surface area contributed by atoms with Crippen molar-refractivity contribution in [2.75, 3.05) is 13.2 Å². The number of nitrogens with one attached hydrogen (secondary N) is 3. The third-order valence-corrected chi connectivity index (χ3v) is 6.43. The van der Waals surface area contributed by atoms with Crippen molar-refractivity contribution >= 4 is 5.97 Å². The van der Waals surface area contributed by atoms with Gasteiger partial charge in [-0.05, 0) is 41.7 Å². The normalized spacial score (nSPS) is 26.0. The lowest BCUT2D eigenvalue weighted by molar-refractivity contribution is -0.138. The zero-order valence-electron chi connectivity index (χ0n) is 18.5. The van der Waals surface area contributed by atoms with Gasteiger partial charge in [0.05, 0.1) is 24.3 Å². The van der Waals surface area contributed by atoms with Crippen LogP contribution in [0.3, 0.4) is 0 Å². The molecule has 4 unspecified atom stereocenters. The van der Waals surface area contributed by atoms with Crippen LogP contribution in [0.4, 0.5) is 17.6 Å². The Balaban J connectivity index is 1.39. The first-order valence-corrected chi connectivity index (χ1v) is 11.3. The van der Waals surface area contributed by atoms with Crippen molar-refractivity contribution in [3.05, 3.63) is 70.8 Å². The molecule has 2 aromatic rings. The first kappa shape index (κ1) is 24.6. The molecule has 0 aliphatic carbocycles. The summed E-state index contributed by atoms with van der Waals surface area (Å²) in [6.07, 6.45) is -5.33. The van der Waals surface area contributed by atoms with Crippen molar-refractivity contribution in [2.45, 2.75) is 56.5 Å². The van der Waals surface area contributed by atoms with Gasteiger partial charge in [0.25, 0.3) is 0 Å². The lowest BCUT2D eigenvalue weighted by atomic mass is 10.0. The molecule has 34 heavy (non-hydrogen) atoms. The highest BCUT2D eigenvalue weighted by atomic mass is 19.4. The Morgan fingerprint density at radius 3 is 2.38 bits per heavy atom. The molecule has 184 valence electrons. The molecule has 0 saturated carbocycles. The molecule has 2 saturated heterocycles. The Hall–Kier alpha value is -2.53. The van der Waals surface area contributed by atoms with E-state index in [0.29, 0.717) is 25.3 Å². The molecule has 10 heteroatoms. The number of carboxylic acid groups (broad SMARTS) is 1. The van der Waals surface area contributed by atoms with Crippen molar-refractivity contribution in [1.29, 1.82) is 0 Å². The quantitative estimate of drug-likeness (QED) is 0.456. The van der Waals surface area contributed by atoms with E-state index in [1.54, 1.807) is 12.1 Å². The van der Waals surface area contributed by atoms with Crippen molar-refractivity contribution in [3.63, 3.8) is 0 Å². The Kier molecular flexibility index (Phi) is 7.51. The molecule has 2 fully saturated rings. The van der Waals surface area contributed by atoms with Gasteiger partial charge in [-0.2, -0.15) is 13.2 Å². The number of rotatable bonds is 7. The second kappa shape index (κ2) is 10.4. The van der Waals surface area contributed by atoms with Gasteiger partial charge in [0, 0.05) is 25.8 Å². The fourth-order valence-electron chi connectivity index (χ4n) is 4.72. The monoisotopic (exact) mass is 480 g/mol. The Morgan fingerprint density at radius 2 is 1.74 bits per heavy atom. The average Bonchev–Trinajstić information content (AvgIpc) is 3.28. The van der Waals surface area contributed by atoms with Crippen LogP contribution < -0.4 is 16.0 Å². The molecule has 0 amide bonds.